The van der Waals surface area contributed by atoms with Crippen LogP contribution in [0.1, 0.15) is 52.9 Å². The third-order valence-corrected chi connectivity index (χ3v) is 4.04. The average molecular weight is 228 g/mol. The molecule has 1 fully saturated rings. The first-order chi connectivity index (χ1) is 7.54. The second-order valence-corrected chi connectivity index (χ2v) is 5.49. The van der Waals surface area contributed by atoms with E-state index in [4.69, 9.17) is 5.73 Å². The van der Waals surface area contributed by atoms with Gasteiger partial charge in [-0.2, -0.15) is 0 Å². The topological polar surface area (TPSA) is 58.3 Å². The monoisotopic (exact) mass is 228 g/mol. The van der Waals surface area contributed by atoms with Crippen molar-refractivity contribution in [2.75, 3.05) is 6.54 Å². The Bertz CT molecular complexity index is 208. The van der Waals surface area contributed by atoms with Gasteiger partial charge in [-0.15, -0.1) is 0 Å². The third kappa shape index (κ3) is 3.19. The van der Waals surface area contributed by atoms with Crippen LogP contribution in [0.3, 0.4) is 0 Å². The van der Waals surface area contributed by atoms with E-state index in [1.165, 1.54) is 25.7 Å². The molecule has 4 atom stereocenters. The predicted octanol–water partition coefficient (Wildman–Crippen LogP) is 1.64. The fraction of sp³-hybridized carbons (Fsp3) is 1.00. The standard InChI is InChI=1S/C13H28N2O/c1-4-12-6-5-7-13(12,9-14)15-10(2)8-11(3)16/h10-12,15-16H,4-9,14H2,1-3H3. The molecule has 0 bridgehead atoms. The summed E-state index contributed by atoms with van der Waals surface area (Å²) in [5.74, 6) is 0.703. The Balaban J connectivity index is 2.59. The van der Waals surface area contributed by atoms with Gasteiger partial charge in [0.25, 0.3) is 0 Å². The molecule has 16 heavy (non-hydrogen) atoms. The van der Waals surface area contributed by atoms with E-state index in [2.05, 4.69) is 19.2 Å². The fourth-order valence-corrected chi connectivity index (χ4v) is 3.32. The molecular formula is C13H28N2O. The van der Waals surface area contributed by atoms with E-state index in [0.29, 0.717) is 12.0 Å². The van der Waals surface area contributed by atoms with Crippen LogP contribution in [0.2, 0.25) is 0 Å². The minimum absolute atomic E-state index is 0.128. The van der Waals surface area contributed by atoms with Gasteiger partial charge in [-0.3, -0.25) is 0 Å². The van der Waals surface area contributed by atoms with Crippen LogP contribution < -0.4 is 11.1 Å². The Kier molecular flexibility index (Phi) is 5.22. The number of hydrogen-bond donors (Lipinski definition) is 3. The number of nitrogens with two attached hydrogens (primary N) is 1. The maximum absolute atomic E-state index is 9.41. The third-order valence-electron chi connectivity index (χ3n) is 4.04. The van der Waals surface area contributed by atoms with Gasteiger partial charge in [0.1, 0.15) is 0 Å². The van der Waals surface area contributed by atoms with Crippen LogP contribution in [0.15, 0.2) is 0 Å². The highest BCUT2D eigenvalue weighted by molar-refractivity contribution is 5.00. The molecule has 0 heterocycles. The molecule has 1 aliphatic rings. The first-order valence-corrected chi connectivity index (χ1v) is 6.70. The van der Waals surface area contributed by atoms with Gasteiger partial charge in [0.2, 0.25) is 0 Å². The summed E-state index contributed by atoms with van der Waals surface area (Å²) in [5.41, 5.74) is 6.12. The van der Waals surface area contributed by atoms with Crippen molar-refractivity contribution in [2.45, 2.75) is 70.6 Å². The van der Waals surface area contributed by atoms with Gasteiger partial charge in [-0.25, -0.2) is 0 Å². The van der Waals surface area contributed by atoms with Crippen molar-refractivity contribution in [3.63, 3.8) is 0 Å². The highest BCUT2D eigenvalue weighted by Crippen LogP contribution is 2.37. The molecule has 0 spiro atoms. The van der Waals surface area contributed by atoms with Crippen LogP contribution in [-0.4, -0.2) is 29.3 Å². The Morgan fingerprint density at radius 3 is 2.69 bits per heavy atom. The highest BCUT2D eigenvalue weighted by Gasteiger charge is 2.41. The molecule has 1 saturated carbocycles. The zero-order valence-electron chi connectivity index (χ0n) is 11.0. The van der Waals surface area contributed by atoms with Crippen molar-refractivity contribution in [1.82, 2.24) is 5.32 Å². The van der Waals surface area contributed by atoms with Crippen LogP contribution in [-0.2, 0) is 0 Å². The minimum atomic E-state index is -0.237. The molecule has 0 aromatic rings. The Morgan fingerprint density at radius 1 is 1.50 bits per heavy atom. The largest absolute Gasteiger partial charge is 0.393 e. The lowest BCUT2D eigenvalue weighted by atomic mass is 9.84. The SMILES string of the molecule is CCC1CCCC1(CN)NC(C)CC(C)O. The Labute approximate surface area is 99.8 Å². The van der Waals surface area contributed by atoms with Crippen molar-refractivity contribution in [2.24, 2.45) is 11.7 Å². The number of nitrogens with one attached hydrogen (secondary N) is 1. The molecule has 0 aromatic heterocycles. The molecule has 3 heteroatoms. The van der Waals surface area contributed by atoms with Crippen LogP contribution in [0.5, 0.6) is 0 Å². The van der Waals surface area contributed by atoms with E-state index in [-0.39, 0.29) is 11.6 Å². The minimum Gasteiger partial charge on any atom is -0.393 e. The van der Waals surface area contributed by atoms with Crippen LogP contribution in [0.25, 0.3) is 0 Å². The zero-order chi connectivity index (χ0) is 12.2. The summed E-state index contributed by atoms with van der Waals surface area (Å²) in [6, 6.07) is 0.343. The lowest BCUT2D eigenvalue weighted by Crippen LogP contribution is -2.57. The summed E-state index contributed by atoms with van der Waals surface area (Å²) < 4.78 is 0. The molecule has 0 aliphatic heterocycles. The van der Waals surface area contributed by atoms with E-state index < -0.39 is 0 Å². The Morgan fingerprint density at radius 2 is 2.19 bits per heavy atom. The van der Waals surface area contributed by atoms with E-state index in [9.17, 15) is 5.11 Å². The quantitative estimate of drug-likeness (QED) is 0.648. The van der Waals surface area contributed by atoms with Gasteiger partial charge in [-0.05, 0) is 39.0 Å². The first kappa shape index (κ1) is 13.9. The predicted molar refractivity (Wildman–Crippen MR) is 68.3 cm³/mol. The van der Waals surface area contributed by atoms with Crippen LogP contribution in [0.4, 0.5) is 0 Å². The van der Waals surface area contributed by atoms with Gasteiger partial charge in [0.15, 0.2) is 0 Å². The van der Waals surface area contributed by atoms with Crippen LogP contribution in [0, 0.1) is 5.92 Å². The summed E-state index contributed by atoms with van der Waals surface area (Å²) in [4.78, 5) is 0. The second-order valence-electron chi connectivity index (χ2n) is 5.49. The van der Waals surface area contributed by atoms with Crippen molar-refractivity contribution in [1.29, 1.82) is 0 Å². The molecule has 0 amide bonds. The maximum Gasteiger partial charge on any atom is 0.0526 e. The van der Waals surface area contributed by atoms with Crippen molar-refractivity contribution >= 4 is 0 Å². The number of hydrogen-bond acceptors (Lipinski definition) is 3. The smallest absolute Gasteiger partial charge is 0.0526 e. The van der Waals surface area contributed by atoms with Crippen molar-refractivity contribution < 1.29 is 5.11 Å². The molecule has 1 aliphatic carbocycles. The molecule has 0 radical (unpaired) electrons. The Hall–Kier alpha value is -0.120. The van der Waals surface area contributed by atoms with Gasteiger partial charge in [0.05, 0.1) is 6.10 Å². The number of rotatable bonds is 6. The lowest BCUT2D eigenvalue weighted by Gasteiger charge is -2.38. The summed E-state index contributed by atoms with van der Waals surface area (Å²) in [7, 11) is 0. The molecule has 0 saturated heterocycles. The summed E-state index contributed by atoms with van der Waals surface area (Å²) >= 11 is 0. The molecule has 4 unspecified atom stereocenters. The number of aliphatic hydroxyl groups excluding tert-OH is 1. The normalized spacial score (nSPS) is 33.9. The lowest BCUT2D eigenvalue weighted by molar-refractivity contribution is 0.148. The second kappa shape index (κ2) is 5.99. The molecule has 4 N–H and O–H groups in total. The van der Waals surface area contributed by atoms with Gasteiger partial charge in [0, 0.05) is 18.1 Å². The van der Waals surface area contributed by atoms with Crippen molar-refractivity contribution in [3.05, 3.63) is 0 Å². The van der Waals surface area contributed by atoms with Gasteiger partial charge >= 0.3 is 0 Å². The summed E-state index contributed by atoms with van der Waals surface area (Å²) in [6.07, 6.45) is 5.53. The summed E-state index contributed by atoms with van der Waals surface area (Å²) in [6.45, 7) is 6.96. The van der Waals surface area contributed by atoms with Crippen molar-refractivity contribution in [3.8, 4) is 0 Å². The first-order valence-electron chi connectivity index (χ1n) is 6.70. The zero-order valence-corrected chi connectivity index (χ0v) is 11.0. The fourth-order valence-electron chi connectivity index (χ4n) is 3.32. The van der Waals surface area contributed by atoms with Crippen LogP contribution >= 0.6 is 0 Å². The molecule has 3 nitrogen and oxygen atoms in total. The average Bonchev–Trinajstić information content (AvgIpc) is 2.60. The van der Waals surface area contributed by atoms with E-state index in [1.807, 2.05) is 6.92 Å². The maximum atomic E-state index is 9.41. The van der Waals surface area contributed by atoms with E-state index >= 15 is 0 Å². The van der Waals surface area contributed by atoms with Gasteiger partial charge < -0.3 is 16.2 Å². The molecule has 1 rings (SSSR count). The van der Waals surface area contributed by atoms with E-state index in [1.54, 1.807) is 0 Å². The molecular weight excluding hydrogens is 200 g/mol. The number of aliphatic hydroxyl groups is 1. The molecule has 0 aromatic carbocycles. The van der Waals surface area contributed by atoms with E-state index in [0.717, 1.165) is 13.0 Å². The highest BCUT2D eigenvalue weighted by atomic mass is 16.3. The summed E-state index contributed by atoms with van der Waals surface area (Å²) in [5, 5.41) is 13.1. The molecule has 96 valence electrons. The van der Waals surface area contributed by atoms with Gasteiger partial charge in [-0.1, -0.05) is 19.8 Å².